The second-order valence-corrected chi connectivity index (χ2v) is 7.88. The number of amides is 1. The minimum Gasteiger partial charge on any atom is -0.377 e. The lowest BCUT2D eigenvalue weighted by Gasteiger charge is -2.47. The molecule has 6 heteroatoms. The average Bonchev–Trinajstić information content (AvgIpc) is 3.22. The molecule has 5 nitrogen and oxygen atoms in total. The third kappa shape index (κ3) is 2.79. The lowest BCUT2D eigenvalue weighted by Crippen LogP contribution is -2.60. The van der Waals surface area contributed by atoms with Crippen molar-refractivity contribution in [2.24, 2.45) is 5.92 Å². The molecule has 0 aromatic carbocycles. The molecule has 4 rings (SSSR count). The molecular weight excluding hydrogens is 286 g/mol. The third-order valence-corrected chi connectivity index (χ3v) is 6.09. The van der Waals surface area contributed by atoms with Crippen LogP contribution < -0.4 is 0 Å². The first-order valence-corrected chi connectivity index (χ1v) is 8.54. The van der Waals surface area contributed by atoms with Gasteiger partial charge in [-0.25, -0.2) is 0 Å². The molecule has 2 saturated heterocycles. The third-order valence-electron chi connectivity index (χ3n) is 4.52. The van der Waals surface area contributed by atoms with Crippen molar-refractivity contribution in [3.63, 3.8) is 0 Å². The molecular formula is C15H19N3O2S. The van der Waals surface area contributed by atoms with Gasteiger partial charge in [-0.3, -0.25) is 4.79 Å². The molecule has 3 aliphatic rings. The Hall–Kier alpha value is -1.14. The van der Waals surface area contributed by atoms with Gasteiger partial charge in [-0.05, 0) is 31.2 Å². The molecule has 0 radical (unpaired) electrons. The van der Waals surface area contributed by atoms with Gasteiger partial charge in [-0.15, -0.1) is 11.8 Å². The van der Waals surface area contributed by atoms with Crippen LogP contribution in [0.4, 0.5) is 0 Å². The van der Waals surface area contributed by atoms with Crippen LogP contribution in [-0.2, 0) is 4.74 Å². The van der Waals surface area contributed by atoms with Gasteiger partial charge in [-0.2, -0.15) is 10.2 Å². The van der Waals surface area contributed by atoms with Gasteiger partial charge < -0.3 is 9.64 Å². The molecule has 1 amide bonds. The zero-order valence-corrected chi connectivity index (χ0v) is 12.7. The summed E-state index contributed by atoms with van der Waals surface area (Å²) in [5.41, 5.74) is 0.629. The van der Waals surface area contributed by atoms with Gasteiger partial charge in [0.05, 0.1) is 28.8 Å². The van der Waals surface area contributed by atoms with Crippen LogP contribution in [0.1, 0.15) is 29.6 Å². The molecule has 3 heterocycles. The number of rotatable bonds is 4. The maximum Gasteiger partial charge on any atom is 0.255 e. The number of thioether (sulfide) groups is 1. The molecule has 1 saturated carbocycles. The normalized spacial score (nSPS) is 26.9. The summed E-state index contributed by atoms with van der Waals surface area (Å²) in [6, 6.07) is 1.73. The van der Waals surface area contributed by atoms with Gasteiger partial charge in [0, 0.05) is 25.4 Å². The Morgan fingerprint density at radius 1 is 1.43 bits per heavy atom. The molecule has 0 unspecified atom stereocenters. The van der Waals surface area contributed by atoms with Crippen molar-refractivity contribution in [1.29, 1.82) is 0 Å². The smallest absolute Gasteiger partial charge is 0.255 e. The molecule has 112 valence electrons. The van der Waals surface area contributed by atoms with Crippen molar-refractivity contribution in [3.8, 4) is 0 Å². The number of hydrogen-bond donors (Lipinski definition) is 0. The number of nitrogens with zero attached hydrogens (tertiary/aromatic N) is 3. The second kappa shape index (κ2) is 5.25. The van der Waals surface area contributed by atoms with Gasteiger partial charge in [0.2, 0.25) is 0 Å². The first-order valence-electron chi connectivity index (χ1n) is 7.56. The van der Waals surface area contributed by atoms with E-state index in [-0.39, 0.29) is 10.7 Å². The van der Waals surface area contributed by atoms with E-state index < -0.39 is 0 Å². The van der Waals surface area contributed by atoms with E-state index in [9.17, 15) is 4.79 Å². The van der Waals surface area contributed by atoms with Crippen molar-refractivity contribution in [3.05, 3.63) is 24.0 Å². The summed E-state index contributed by atoms with van der Waals surface area (Å²) in [7, 11) is 0. The summed E-state index contributed by atoms with van der Waals surface area (Å²) in [4.78, 5) is 14.2. The predicted octanol–water partition coefficient (Wildman–Crippen LogP) is 1.60. The molecule has 1 aliphatic carbocycles. The number of aromatic nitrogens is 2. The van der Waals surface area contributed by atoms with Crippen LogP contribution in [0.3, 0.4) is 0 Å². The highest BCUT2D eigenvalue weighted by molar-refractivity contribution is 8.01. The van der Waals surface area contributed by atoms with Crippen LogP contribution in [0.15, 0.2) is 18.5 Å². The van der Waals surface area contributed by atoms with Gasteiger partial charge in [-0.1, -0.05) is 0 Å². The largest absolute Gasteiger partial charge is 0.377 e. The zero-order valence-electron chi connectivity index (χ0n) is 11.9. The summed E-state index contributed by atoms with van der Waals surface area (Å²) < 4.78 is 6.24. The molecule has 3 fully saturated rings. The molecule has 0 bridgehead atoms. The minimum atomic E-state index is 0.0680. The summed E-state index contributed by atoms with van der Waals surface area (Å²) in [6.07, 6.45) is 7.25. The van der Waals surface area contributed by atoms with Crippen LogP contribution in [0.5, 0.6) is 0 Å². The molecule has 1 aromatic heterocycles. The first-order chi connectivity index (χ1) is 10.2. The van der Waals surface area contributed by atoms with Gasteiger partial charge in [0.1, 0.15) is 0 Å². The molecule has 21 heavy (non-hydrogen) atoms. The van der Waals surface area contributed by atoms with E-state index in [0.717, 1.165) is 37.8 Å². The molecule has 0 N–H and O–H groups in total. The number of ether oxygens (including phenoxy) is 1. The molecule has 1 atom stereocenters. The monoisotopic (exact) mass is 305 g/mol. The molecule has 1 spiro atoms. The Balaban J connectivity index is 1.29. The molecule has 1 aromatic rings. The van der Waals surface area contributed by atoms with Crippen LogP contribution in [0.2, 0.25) is 0 Å². The van der Waals surface area contributed by atoms with E-state index in [1.54, 1.807) is 12.3 Å². The Morgan fingerprint density at radius 2 is 2.29 bits per heavy atom. The second-order valence-electron chi connectivity index (χ2n) is 6.39. The standard InChI is InChI=1S/C15H19N3O2S/c19-14(12-3-4-16-17-6-12)18-9-15(10-18)5-13(8-21-15)20-7-11-1-2-11/h3-4,6,11,13H,1-2,5,7-10H2/t13-/m1/s1. The number of carbonyl (C=O) groups is 1. The van der Waals surface area contributed by atoms with Gasteiger partial charge >= 0.3 is 0 Å². The Morgan fingerprint density at radius 3 is 3.00 bits per heavy atom. The summed E-state index contributed by atoms with van der Waals surface area (Å²) in [6.45, 7) is 2.61. The van der Waals surface area contributed by atoms with Gasteiger partial charge in [0.15, 0.2) is 0 Å². The first kappa shape index (κ1) is 13.5. The van der Waals surface area contributed by atoms with E-state index in [4.69, 9.17) is 4.74 Å². The van der Waals surface area contributed by atoms with E-state index in [0.29, 0.717) is 11.7 Å². The number of likely N-dealkylation sites (tertiary alicyclic amines) is 1. The van der Waals surface area contributed by atoms with Crippen molar-refractivity contribution in [1.82, 2.24) is 15.1 Å². The summed E-state index contributed by atoms with van der Waals surface area (Å²) in [5, 5.41) is 7.48. The predicted molar refractivity (Wildman–Crippen MR) is 80.2 cm³/mol. The van der Waals surface area contributed by atoms with Crippen molar-refractivity contribution >= 4 is 17.7 Å². The Bertz CT molecular complexity index is 529. The highest BCUT2D eigenvalue weighted by Crippen LogP contribution is 2.46. The van der Waals surface area contributed by atoms with Crippen LogP contribution in [0.25, 0.3) is 0 Å². The van der Waals surface area contributed by atoms with Crippen LogP contribution in [-0.4, -0.2) is 57.3 Å². The maximum absolute atomic E-state index is 12.3. The summed E-state index contributed by atoms with van der Waals surface area (Å²) in [5.74, 6) is 1.97. The van der Waals surface area contributed by atoms with Crippen molar-refractivity contribution in [2.45, 2.75) is 30.1 Å². The fraction of sp³-hybridized carbons (Fsp3) is 0.667. The minimum absolute atomic E-state index is 0.0680. The lowest BCUT2D eigenvalue weighted by atomic mass is 9.92. The lowest BCUT2D eigenvalue weighted by molar-refractivity contribution is 0.0286. The van der Waals surface area contributed by atoms with Crippen LogP contribution in [0, 0.1) is 5.92 Å². The Kier molecular flexibility index (Phi) is 3.38. The SMILES string of the molecule is O=C(c1ccnnc1)N1CC2(C[C@@H](OCC3CC3)CS2)C1. The average molecular weight is 305 g/mol. The summed E-state index contributed by atoms with van der Waals surface area (Å²) >= 11 is 1.98. The van der Waals surface area contributed by atoms with Gasteiger partial charge in [0.25, 0.3) is 5.91 Å². The fourth-order valence-corrected chi connectivity index (χ4v) is 4.63. The van der Waals surface area contributed by atoms with Crippen molar-refractivity contribution in [2.75, 3.05) is 25.4 Å². The number of hydrogen-bond acceptors (Lipinski definition) is 5. The number of carbonyl (C=O) groups excluding carboxylic acids is 1. The van der Waals surface area contributed by atoms with E-state index in [1.165, 1.54) is 19.0 Å². The highest BCUT2D eigenvalue weighted by atomic mass is 32.2. The van der Waals surface area contributed by atoms with E-state index in [1.807, 2.05) is 16.7 Å². The van der Waals surface area contributed by atoms with Crippen molar-refractivity contribution < 1.29 is 9.53 Å². The van der Waals surface area contributed by atoms with Crippen LogP contribution >= 0.6 is 11.8 Å². The van der Waals surface area contributed by atoms with E-state index in [2.05, 4.69) is 10.2 Å². The zero-order chi connectivity index (χ0) is 14.3. The topological polar surface area (TPSA) is 55.3 Å². The fourth-order valence-electron chi connectivity index (χ4n) is 3.08. The highest BCUT2D eigenvalue weighted by Gasteiger charge is 2.51. The Labute approximate surface area is 128 Å². The van der Waals surface area contributed by atoms with E-state index >= 15 is 0 Å². The maximum atomic E-state index is 12.3. The molecule has 2 aliphatic heterocycles. The quantitative estimate of drug-likeness (QED) is 0.846.